The van der Waals surface area contributed by atoms with E-state index in [-0.39, 0.29) is 5.75 Å². The van der Waals surface area contributed by atoms with Gasteiger partial charge in [0.25, 0.3) is 0 Å². The van der Waals surface area contributed by atoms with Crippen molar-refractivity contribution in [3.05, 3.63) is 69.5 Å². The molecule has 1 fully saturated rings. The molecule has 1 aliphatic rings. The first kappa shape index (κ1) is 21.9. The molecule has 0 radical (unpaired) electrons. The third-order valence-electron chi connectivity index (χ3n) is 5.77. The summed E-state index contributed by atoms with van der Waals surface area (Å²) in [6.45, 7) is 2.38. The standard InChI is InChI=1S/C25H26F3NOS/c1-17-6-5-9-20(12-17)22-16-31-24(29-22)14-19-10-11-23(21(13-19)25(26,27)28)30-15-18-7-3-2-4-8-18/h5-6,9-13,16,18H,2-4,7-8,14-15H2,1H3. The first-order chi connectivity index (χ1) is 14.9. The van der Waals surface area contributed by atoms with Crippen LogP contribution in [0.25, 0.3) is 11.3 Å². The highest BCUT2D eigenvalue weighted by Crippen LogP contribution is 2.38. The zero-order chi connectivity index (χ0) is 21.8. The van der Waals surface area contributed by atoms with Gasteiger partial charge in [-0.3, -0.25) is 0 Å². The lowest BCUT2D eigenvalue weighted by molar-refractivity contribution is -0.139. The van der Waals surface area contributed by atoms with Crippen LogP contribution in [-0.4, -0.2) is 11.6 Å². The topological polar surface area (TPSA) is 22.1 Å². The van der Waals surface area contributed by atoms with Crippen molar-refractivity contribution in [1.82, 2.24) is 4.98 Å². The molecular formula is C25H26F3NOS. The fraction of sp³-hybridized carbons (Fsp3) is 0.400. The van der Waals surface area contributed by atoms with Crippen LogP contribution in [0.2, 0.25) is 0 Å². The molecule has 0 amide bonds. The molecule has 1 aliphatic carbocycles. The van der Waals surface area contributed by atoms with Crippen LogP contribution in [0.5, 0.6) is 5.75 Å². The third-order valence-corrected chi connectivity index (χ3v) is 6.62. The summed E-state index contributed by atoms with van der Waals surface area (Å²) in [7, 11) is 0. The van der Waals surface area contributed by atoms with Gasteiger partial charge >= 0.3 is 6.18 Å². The minimum Gasteiger partial charge on any atom is -0.493 e. The van der Waals surface area contributed by atoms with Gasteiger partial charge in [0.15, 0.2) is 0 Å². The van der Waals surface area contributed by atoms with Gasteiger partial charge in [-0.25, -0.2) is 4.98 Å². The average molecular weight is 446 g/mol. The predicted octanol–water partition coefficient (Wildman–Crippen LogP) is 7.69. The highest BCUT2D eigenvalue weighted by atomic mass is 32.1. The van der Waals surface area contributed by atoms with Crippen molar-refractivity contribution in [2.24, 2.45) is 5.92 Å². The fourth-order valence-electron chi connectivity index (χ4n) is 4.10. The van der Waals surface area contributed by atoms with Crippen LogP contribution in [0.4, 0.5) is 13.2 Å². The van der Waals surface area contributed by atoms with Crippen molar-refractivity contribution in [2.45, 2.75) is 51.6 Å². The average Bonchev–Trinajstić information content (AvgIpc) is 3.21. The number of nitrogens with zero attached hydrogens (tertiary/aromatic N) is 1. The predicted molar refractivity (Wildman–Crippen MR) is 119 cm³/mol. The molecule has 31 heavy (non-hydrogen) atoms. The summed E-state index contributed by atoms with van der Waals surface area (Å²) in [5.74, 6) is 0.284. The third kappa shape index (κ3) is 5.67. The number of hydrogen-bond acceptors (Lipinski definition) is 3. The van der Waals surface area contributed by atoms with Crippen molar-refractivity contribution in [3.63, 3.8) is 0 Å². The lowest BCUT2D eigenvalue weighted by Crippen LogP contribution is -2.17. The van der Waals surface area contributed by atoms with E-state index in [1.165, 1.54) is 29.9 Å². The molecule has 2 aromatic carbocycles. The maximum Gasteiger partial charge on any atom is 0.419 e. The minimum absolute atomic E-state index is 0.0681. The minimum atomic E-state index is -4.45. The number of halogens is 3. The van der Waals surface area contributed by atoms with E-state index in [0.29, 0.717) is 24.5 Å². The number of aromatic nitrogens is 1. The van der Waals surface area contributed by atoms with Gasteiger partial charge in [-0.1, -0.05) is 49.1 Å². The van der Waals surface area contributed by atoms with Crippen LogP contribution in [-0.2, 0) is 12.6 Å². The molecule has 0 bridgehead atoms. The number of rotatable bonds is 6. The van der Waals surface area contributed by atoms with Gasteiger partial charge in [-0.2, -0.15) is 13.2 Å². The summed E-state index contributed by atoms with van der Waals surface area (Å²) in [6.07, 6.45) is 1.46. The summed E-state index contributed by atoms with van der Waals surface area (Å²) >= 11 is 1.47. The number of hydrogen-bond donors (Lipinski definition) is 0. The van der Waals surface area contributed by atoms with E-state index in [1.54, 1.807) is 6.07 Å². The van der Waals surface area contributed by atoms with Crippen LogP contribution in [0.3, 0.4) is 0 Å². The van der Waals surface area contributed by atoms with Crippen molar-refractivity contribution in [3.8, 4) is 17.0 Å². The van der Waals surface area contributed by atoms with Gasteiger partial charge in [0.05, 0.1) is 22.9 Å². The molecule has 0 spiro atoms. The fourth-order valence-corrected chi connectivity index (χ4v) is 4.94. The number of ether oxygens (including phenoxy) is 1. The Labute approximate surface area is 185 Å². The summed E-state index contributed by atoms with van der Waals surface area (Å²) in [5, 5.41) is 2.75. The molecule has 0 unspecified atom stereocenters. The maximum absolute atomic E-state index is 13.7. The number of aryl methyl sites for hydroxylation is 1. The second-order valence-corrected chi connectivity index (χ2v) is 9.26. The molecule has 6 heteroatoms. The Morgan fingerprint density at radius 3 is 2.61 bits per heavy atom. The normalized spacial score (nSPS) is 15.2. The summed E-state index contributed by atoms with van der Waals surface area (Å²) < 4.78 is 46.8. The quantitative estimate of drug-likeness (QED) is 0.388. The van der Waals surface area contributed by atoms with Crippen molar-refractivity contribution in [2.75, 3.05) is 6.61 Å². The molecule has 2 nitrogen and oxygen atoms in total. The highest BCUT2D eigenvalue weighted by Gasteiger charge is 2.35. The molecular weight excluding hydrogens is 419 g/mol. The van der Waals surface area contributed by atoms with Gasteiger partial charge in [0.2, 0.25) is 0 Å². The Bertz CT molecular complexity index is 1020. The Morgan fingerprint density at radius 1 is 1.06 bits per heavy atom. The van der Waals surface area contributed by atoms with Gasteiger partial charge in [-0.05, 0) is 49.4 Å². The summed E-state index contributed by atoms with van der Waals surface area (Å²) in [4.78, 5) is 4.63. The van der Waals surface area contributed by atoms with Crippen molar-refractivity contribution in [1.29, 1.82) is 0 Å². The zero-order valence-corrected chi connectivity index (χ0v) is 18.4. The molecule has 164 valence electrons. The highest BCUT2D eigenvalue weighted by molar-refractivity contribution is 7.10. The van der Waals surface area contributed by atoms with Crippen LogP contribution in [0.1, 0.15) is 53.8 Å². The largest absolute Gasteiger partial charge is 0.493 e. The van der Waals surface area contributed by atoms with Gasteiger partial charge < -0.3 is 4.74 Å². The van der Waals surface area contributed by atoms with Gasteiger partial charge in [0.1, 0.15) is 5.75 Å². The van der Waals surface area contributed by atoms with E-state index in [1.807, 2.05) is 30.5 Å². The summed E-state index contributed by atoms with van der Waals surface area (Å²) in [6, 6.07) is 12.4. The lowest BCUT2D eigenvalue weighted by atomic mass is 9.90. The SMILES string of the molecule is Cc1cccc(-c2csc(Cc3ccc(OCC4CCCCC4)c(C(F)(F)F)c3)n2)c1. The van der Waals surface area contributed by atoms with Crippen LogP contribution >= 0.6 is 11.3 Å². The van der Waals surface area contributed by atoms with Gasteiger partial charge in [0, 0.05) is 17.4 Å². The molecule has 0 N–H and O–H groups in total. The van der Waals surface area contributed by atoms with Crippen molar-refractivity contribution >= 4 is 11.3 Å². The van der Waals surface area contributed by atoms with E-state index < -0.39 is 11.7 Å². The number of alkyl halides is 3. The first-order valence-corrected chi connectivity index (χ1v) is 11.6. The molecule has 0 atom stereocenters. The molecule has 3 aromatic rings. The monoisotopic (exact) mass is 445 g/mol. The van der Waals surface area contributed by atoms with E-state index >= 15 is 0 Å². The molecule has 1 heterocycles. The molecule has 1 aromatic heterocycles. The Hall–Kier alpha value is -2.34. The summed E-state index contributed by atoms with van der Waals surface area (Å²) in [5.41, 5.74) is 2.90. The van der Waals surface area contributed by atoms with E-state index in [9.17, 15) is 13.2 Å². The second kappa shape index (κ2) is 9.43. The van der Waals surface area contributed by atoms with E-state index in [4.69, 9.17) is 4.74 Å². The number of benzene rings is 2. The Kier molecular flexibility index (Phi) is 6.65. The number of thiazole rings is 1. The Morgan fingerprint density at radius 2 is 1.87 bits per heavy atom. The molecule has 0 aliphatic heterocycles. The molecule has 4 rings (SSSR count). The lowest BCUT2D eigenvalue weighted by Gasteiger charge is -2.23. The Balaban J connectivity index is 1.50. The van der Waals surface area contributed by atoms with Crippen LogP contribution in [0.15, 0.2) is 47.8 Å². The molecule has 1 saturated carbocycles. The zero-order valence-electron chi connectivity index (χ0n) is 17.5. The van der Waals surface area contributed by atoms with E-state index in [2.05, 4.69) is 11.1 Å². The molecule has 0 saturated heterocycles. The first-order valence-electron chi connectivity index (χ1n) is 10.7. The second-order valence-electron chi connectivity index (χ2n) is 8.32. The smallest absolute Gasteiger partial charge is 0.419 e. The maximum atomic E-state index is 13.7. The van der Waals surface area contributed by atoms with Gasteiger partial charge in [-0.15, -0.1) is 11.3 Å². The van der Waals surface area contributed by atoms with Crippen LogP contribution in [0, 0.1) is 12.8 Å². The van der Waals surface area contributed by atoms with E-state index in [0.717, 1.165) is 47.5 Å². The van der Waals surface area contributed by atoms with Crippen LogP contribution < -0.4 is 4.74 Å². The van der Waals surface area contributed by atoms with Crippen molar-refractivity contribution < 1.29 is 17.9 Å².